The molecule has 1 aliphatic rings. The van der Waals surface area contributed by atoms with Gasteiger partial charge in [0, 0.05) is 12.6 Å². The molecule has 0 heterocycles. The zero-order valence-electron chi connectivity index (χ0n) is 13.6. The van der Waals surface area contributed by atoms with Gasteiger partial charge in [-0.25, -0.2) is 4.79 Å². The van der Waals surface area contributed by atoms with Crippen LogP contribution in [0.15, 0.2) is 0 Å². The molecule has 0 saturated heterocycles. The van der Waals surface area contributed by atoms with Crippen molar-refractivity contribution < 1.29 is 9.53 Å². The van der Waals surface area contributed by atoms with Gasteiger partial charge in [-0.1, -0.05) is 39.0 Å². The van der Waals surface area contributed by atoms with Crippen LogP contribution in [0.5, 0.6) is 0 Å². The second kappa shape index (κ2) is 8.50. The Kier molecular flexibility index (Phi) is 7.35. The molecule has 0 aliphatic heterocycles. The third-order valence-electron chi connectivity index (χ3n) is 3.70. The van der Waals surface area contributed by atoms with Gasteiger partial charge in [0.25, 0.3) is 0 Å². The van der Waals surface area contributed by atoms with E-state index >= 15 is 0 Å². The van der Waals surface area contributed by atoms with E-state index in [1.807, 2.05) is 20.8 Å². The summed E-state index contributed by atoms with van der Waals surface area (Å²) in [5, 5.41) is 6.37. The van der Waals surface area contributed by atoms with Crippen LogP contribution in [0.2, 0.25) is 0 Å². The maximum Gasteiger partial charge on any atom is 0.407 e. The lowest BCUT2D eigenvalue weighted by molar-refractivity contribution is 0.0495. The molecule has 4 heteroatoms. The van der Waals surface area contributed by atoms with Crippen LogP contribution in [0.1, 0.15) is 66.2 Å². The minimum absolute atomic E-state index is 0.174. The summed E-state index contributed by atoms with van der Waals surface area (Å²) < 4.78 is 5.36. The predicted molar refractivity (Wildman–Crippen MR) is 82.9 cm³/mol. The van der Waals surface area contributed by atoms with Crippen LogP contribution in [-0.2, 0) is 4.74 Å². The molecule has 1 rings (SSSR count). The number of nitrogens with one attached hydrogen (secondary N) is 2. The number of hydrogen-bond acceptors (Lipinski definition) is 3. The van der Waals surface area contributed by atoms with Crippen LogP contribution in [0, 0.1) is 5.92 Å². The number of ether oxygens (including phenoxy) is 1. The maximum atomic E-state index is 11.9. The Morgan fingerprint density at radius 1 is 1.25 bits per heavy atom. The average Bonchev–Trinajstić information content (AvgIpc) is 2.35. The van der Waals surface area contributed by atoms with Crippen LogP contribution in [-0.4, -0.2) is 30.8 Å². The normalized spacial score (nSPS) is 18.6. The number of amides is 1. The first-order chi connectivity index (χ1) is 9.40. The molecule has 1 unspecified atom stereocenters. The Hall–Kier alpha value is -0.770. The molecule has 2 N–H and O–H groups in total. The van der Waals surface area contributed by atoms with Crippen LogP contribution in [0.4, 0.5) is 4.79 Å². The monoisotopic (exact) mass is 284 g/mol. The third-order valence-corrected chi connectivity index (χ3v) is 3.70. The first kappa shape index (κ1) is 17.3. The quantitative estimate of drug-likeness (QED) is 0.785. The standard InChI is InChI=1S/C16H32N2O2/c1-5-17-12-14(11-13-9-7-6-8-10-13)18-15(19)20-16(2,3)4/h13-14,17H,5-12H2,1-4H3,(H,18,19). The average molecular weight is 284 g/mol. The van der Waals surface area contributed by atoms with Gasteiger partial charge in [-0.15, -0.1) is 0 Å². The van der Waals surface area contributed by atoms with Gasteiger partial charge in [0.05, 0.1) is 0 Å². The van der Waals surface area contributed by atoms with E-state index in [0.717, 1.165) is 25.4 Å². The fourth-order valence-electron chi connectivity index (χ4n) is 2.81. The molecule has 4 nitrogen and oxygen atoms in total. The van der Waals surface area contributed by atoms with Gasteiger partial charge in [-0.2, -0.15) is 0 Å². The van der Waals surface area contributed by atoms with Gasteiger partial charge in [-0.3, -0.25) is 0 Å². The molecular formula is C16H32N2O2. The fourth-order valence-corrected chi connectivity index (χ4v) is 2.81. The van der Waals surface area contributed by atoms with Crippen molar-refractivity contribution in [3.63, 3.8) is 0 Å². The fraction of sp³-hybridized carbons (Fsp3) is 0.938. The number of likely N-dealkylation sites (N-methyl/N-ethyl adjacent to an activating group) is 1. The highest BCUT2D eigenvalue weighted by atomic mass is 16.6. The summed E-state index contributed by atoms with van der Waals surface area (Å²) in [7, 11) is 0. The van der Waals surface area contributed by atoms with Gasteiger partial charge in [0.15, 0.2) is 0 Å². The van der Waals surface area contributed by atoms with E-state index in [9.17, 15) is 4.79 Å². The Labute approximate surface area is 124 Å². The molecule has 118 valence electrons. The van der Waals surface area contributed by atoms with Crippen molar-refractivity contribution in [2.75, 3.05) is 13.1 Å². The first-order valence-corrected chi connectivity index (χ1v) is 8.11. The largest absolute Gasteiger partial charge is 0.444 e. The van der Waals surface area contributed by atoms with Crippen LogP contribution in [0.3, 0.4) is 0 Å². The van der Waals surface area contributed by atoms with Crippen molar-refractivity contribution in [2.45, 2.75) is 77.9 Å². The Bertz CT molecular complexity index is 281. The summed E-state index contributed by atoms with van der Waals surface area (Å²) in [6, 6.07) is 0.174. The van der Waals surface area contributed by atoms with Crippen molar-refractivity contribution in [2.24, 2.45) is 5.92 Å². The van der Waals surface area contributed by atoms with Crippen molar-refractivity contribution in [1.29, 1.82) is 0 Å². The van der Waals surface area contributed by atoms with Crippen LogP contribution in [0.25, 0.3) is 0 Å². The van der Waals surface area contributed by atoms with Crippen molar-refractivity contribution in [1.82, 2.24) is 10.6 Å². The SMILES string of the molecule is CCNCC(CC1CCCCC1)NC(=O)OC(C)(C)C. The number of hydrogen-bond donors (Lipinski definition) is 2. The van der Waals surface area contributed by atoms with Crippen molar-refractivity contribution in [3.05, 3.63) is 0 Å². The second-order valence-corrected chi connectivity index (χ2v) is 6.89. The molecule has 0 aromatic carbocycles. The lowest BCUT2D eigenvalue weighted by Gasteiger charge is -2.28. The predicted octanol–water partition coefficient (Wildman–Crippen LogP) is 3.46. The van der Waals surface area contributed by atoms with E-state index in [4.69, 9.17) is 4.74 Å². The summed E-state index contributed by atoms with van der Waals surface area (Å²) in [6.07, 6.45) is 7.42. The minimum Gasteiger partial charge on any atom is -0.444 e. The summed E-state index contributed by atoms with van der Waals surface area (Å²) >= 11 is 0. The summed E-state index contributed by atoms with van der Waals surface area (Å²) in [6.45, 7) is 9.53. The third kappa shape index (κ3) is 7.73. The summed E-state index contributed by atoms with van der Waals surface area (Å²) in [4.78, 5) is 11.9. The number of carbonyl (C=O) groups excluding carboxylic acids is 1. The number of rotatable bonds is 6. The summed E-state index contributed by atoms with van der Waals surface area (Å²) in [5.74, 6) is 0.752. The van der Waals surface area contributed by atoms with E-state index in [1.165, 1.54) is 32.1 Å². The van der Waals surface area contributed by atoms with E-state index in [1.54, 1.807) is 0 Å². The van der Waals surface area contributed by atoms with Crippen LogP contribution >= 0.6 is 0 Å². The molecule has 0 radical (unpaired) electrons. The zero-order chi connectivity index (χ0) is 15.0. The maximum absolute atomic E-state index is 11.9. The Morgan fingerprint density at radius 3 is 2.45 bits per heavy atom. The van der Waals surface area contributed by atoms with Crippen LogP contribution < -0.4 is 10.6 Å². The number of alkyl carbamates (subject to hydrolysis) is 1. The smallest absolute Gasteiger partial charge is 0.407 e. The highest BCUT2D eigenvalue weighted by Crippen LogP contribution is 2.27. The molecular weight excluding hydrogens is 252 g/mol. The zero-order valence-corrected chi connectivity index (χ0v) is 13.6. The minimum atomic E-state index is -0.433. The lowest BCUT2D eigenvalue weighted by Crippen LogP contribution is -2.45. The molecule has 20 heavy (non-hydrogen) atoms. The Balaban J connectivity index is 2.43. The topological polar surface area (TPSA) is 50.4 Å². The van der Waals surface area contributed by atoms with Gasteiger partial charge < -0.3 is 15.4 Å². The van der Waals surface area contributed by atoms with Gasteiger partial charge in [0.2, 0.25) is 0 Å². The van der Waals surface area contributed by atoms with Gasteiger partial charge >= 0.3 is 6.09 Å². The van der Waals surface area contributed by atoms with Gasteiger partial charge in [0.1, 0.15) is 5.60 Å². The van der Waals surface area contributed by atoms with E-state index in [0.29, 0.717) is 0 Å². The first-order valence-electron chi connectivity index (χ1n) is 8.11. The van der Waals surface area contributed by atoms with Crippen molar-refractivity contribution in [3.8, 4) is 0 Å². The lowest BCUT2D eigenvalue weighted by atomic mass is 9.85. The molecule has 1 amide bonds. The summed E-state index contributed by atoms with van der Waals surface area (Å²) in [5.41, 5.74) is -0.433. The molecule has 1 fully saturated rings. The molecule has 0 bridgehead atoms. The molecule has 1 atom stereocenters. The number of carbonyl (C=O) groups is 1. The molecule has 0 aromatic heterocycles. The van der Waals surface area contributed by atoms with E-state index in [2.05, 4.69) is 17.6 Å². The molecule has 1 aliphatic carbocycles. The molecule has 0 spiro atoms. The van der Waals surface area contributed by atoms with Gasteiger partial charge in [-0.05, 0) is 39.7 Å². The highest BCUT2D eigenvalue weighted by molar-refractivity contribution is 5.68. The van der Waals surface area contributed by atoms with Crippen molar-refractivity contribution >= 4 is 6.09 Å². The molecule has 1 saturated carbocycles. The van der Waals surface area contributed by atoms with E-state index < -0.39 is 5.60 Å². The molecule has 0 aromatic rings. The second-order valence-electron chi connectivity index (χ2n) is 6.89. The van der Waals surface area contributed by atoms with E-state index in [-0.39, 0.29) is 12.1 Å². The Morgan fingerprint density at radius 2 is 1.90 bits per heavy atom. The highest BCUT2D eigenvalue weighted by Gasteiger charge is 2.22.